The van der Waals surface area contributed by atoms with Crippen molar-refractivity contribution in [2.24, 2.45) is 5.73 Å². The number of amides is 3. The number of primary amides is 1. The Morgan fingerprint density at radius 3 is 2.59 bits per heavy atom. The van der Waals surface area contributed by atoms with Crippen LogP contribution in [0.5, 0.6) is 0 Å². The number of nitrogens with two attached hydrogens (primary N) is 1. The summed E-state index contributed by atoms with van der Waals surface area (Å²) in [7, 11) is 0. The van der Waals surface area contributed by atoms with Gasteiger partial charge in [0.25, 0.3) is 0 Å². The molecule has 2 rings (SSSR count). The maximum Gasteiger partial charge on any atom is 0.312 e. The fourth-order valence-corrected chi connectivity index (χ4v) is 2.85. The van der Waals surface area contributed by atoms with Gasteiger partial charge in [-0.25, -0.2) is 9.78 Å². The molecule has 0 bridgehead atoms. The molecule has 4 N–H and O–H groups in total. The number of benzene rings is 1. The number of nitrogens with zero attached hydrogens (tertiary/aromatic N) is 1. The predicted molar refractivity (Wildman–Crippen MR) is 90.1 cm³/mol. The van der Waals surface area contributed by atoms with Gasteiger partial charge in [-0.15, -0.1) is 23.1 Å². The highest BCUT2D eigenvalue weighted by atomic mass is 32.2. The number of carbonyl (C=O) groups excluding carboxylic acids is 2. The maximum atomic E-state index is 11.9. The molecule has 0 saturated heterocycles. The summed E-state index contributed by atoms with van der Waals surface area (Å²) in [4.78, 5) is 28.1. The second kappa shape index (κ2) is 7.28. The van der Waals surface area contributed by atoms with Crippen LogP contribution >= 0.6 is 23.1 Å². The van der Waals surface area contributed by atoms with Gasteiger partial charge in [-0.3, -0.25) is 4.79 Å². The number of aromatic nitrogens is 1. The number of urea groups is 1. The van der Waals surface area contributed by atoms with Crippen molar-refractivity contribution < 1.29 is 9.59 Å². The average molecular weight is 336 g/mol. The molecule has 1 aromatic carbocycles. The highest BCUT2D eigenvalue weighted by Crippen LogP contribution is 2.26. The average Bonchev–Trinajstić information content (AvgIpc) is 2.95. The minimum absolute atomic E-state index is 0.363. The van der Waals surface area contributed by atoms with Crippen LogP contribution in [0.2, 0.25) is 0 Å². The lowest BCUT2D eigenvalue weighted by molar-refractivity contribution is -0.117. The lowest BCUT2D eigenvalue weighted by Crippen LogP contribution is -2.44. The number of thiazole rings is 1. The van der Waals surface area contributed by atoms with Crippen molar-refractivity contribution in [1.29, 1.82) is 0 Å². The molecule has 1 aromatic heterocycles. The molecule has 22 heavy (non-hydrogen) atoms. The molecule has 6 nitrogen and oxygen atoms in total. The van der Waals surface area contributed by atoms with Crippen LogP contribution in [0, 0.1) is 0 Å². The lowest BCUT2D eigenvalue weighted by atomic mass is 10.2. The Hall–Kier alpha value is -2.06. The van der Waals surface area contributed by atoms with Crippen molar-refractivity contribution in [3.05, 3.63) is 29.6 Å². The van der Waals surface area contributed by atoms with Gasteiger partial charge in [0.2, 0.25) is 5.91 Å². The van der Waals surface area contributed by atoms with Crippen LogP contribution in [0.15, 0.2) is 34.5 Å². The van der Waals surface area contributed by atoms with E-state index >= 15 is 0 Å². The van der Waals surface area contributed by atoms with Gasteiger partial charge in [0, 0.05) is 15.8 Å². The van der Waals surface area contributed by atoms with Crippen LogP contribution in [0.4, 0.5) is 9.93 Å². The third-order valence-electron chi connectivity index (χ3n) is 2.87. The van der Waals surface area contributed by atoms with E-state index in [9.17, 15) is 9.59 Å². The van der Waals surface area contributed by atoms with E-state index in [0.717, 1.165) is 11.3 Å². The SMILES string of the molecule is CSc1ccc(-c2csc(NC(=O)C(C)NC(N)=O)n2)cc1. The summed E-state index contributed by atoms with van der Waals surface area (Å²) in [6.45, 7) is 1.55. The van der Waals surface area contributed by atoms with E-state index in [4.69, 9.17) is 5.73 Å². The molecule has 0 spiro atoms. The van der Waals surface area contributed by atoms with Crippen LogP contribution in [0.1, 0.15) is 6.92 Å². The van der Waals surface area contributed by atoms with Gasteiger partial charge < -0.3 is 16.4 Å². The lowest BCUT2D eigenvalue weighted by Gasteiger charge is -2.10. The Morgan fingerprint density at radius 1 is 1.32 bits per heavy atom. The zero-order valence-electron chi connectivity index (χ0n) is 12.1. The summed E-state index contributed by atoms with van der Waals surface area (Å²) >= 11 is 3.00. The Balaban J connectivity index is 2.04. The van der Waals surface area contributed by atoms with Crippen molar-refractivity contribution in [2.45, 2.75) is 17.9 Å². The number of thioether (sulfide) groups is 1. The number of hydrogen-bond donors (Lipinski definition) is 3. The Bertz CT molecular complexity index is 670. The quantitative estimate of drug-likeness (QED) is 0.731. The highest BCUT2D eigenvalue weighted by Gasteiger charge is 2.15. The first-order chi connectivity index (χ1) is 10.5. The molecule has 1 unspecified atom stereocenters. The van der Waals surface area contributed by atoms with Crippen LogP contribution in [0.25, 0.3) is 11.3 Å². The largest absolute Gasteiger partial charge is 0.352 e. The molecular formula is C14H16N4O2S2. The number of hydrogen-bond acceptors (Lipinski definition) is 5. The van der Waals surface area contributed by atoms with E-state index in [1.54, 1.807) is 18.7 Å². The van der Waals surface area contributed by atoms with Gasteiger partial charge in [-0.05, 0) is 25.3 Å². The predicted octanol–water partition coefficient (Wildman–Crippen LogP) is 2.53. The van der Waals surface area contributed by atoms with Gasteiger partial charge in [0.05, 0.1) is 5.69 Å². The monoisotopic (exact) mass is 336 g/mol. The van der Waals surface area contributed by atoms with E-state index in [1.807, 2.05) is 35.9 Å². The fourth-order valence-electron chi connectivity index (χ4n) is 1.72. The minimum Gasteiger partial charge on any atom is -0.352 e. The summed E-state index contributed by atoms with van der Waals surface area (Å²) in [5, 5.41) is 7.32. The van der Waals surface area contributed by atoms with E-state index in [1.165, 1.54) is 16.2 Å². The molecule has 0 aliphatic carbocycles. The molecule has 0 fully saturated rings. The molecule has 0 aliphatic heterocycles. The zero-order chi connectivity index (χ0) is 16.1. The molecule has 2 aromatic rings. The number of carbonyl (C=O) groups is 2. The Labute approximate surface area is 136 Å². The van der Waals surface area contributed by atoms with Gasteiger partial charge in [-0.2, -0.15) is 0 Å². The third kappa shape index (κ3) is 4.22. The van der Waals surface area contributed by atoms with E-state index < -0.39 is 12.1 Å². The second-order valence-electron chi connectivity index (χ2n) is 4.49. The standard InChI is InChI=1S/C14H16N4O2S2/c1-8(16-13(15)20)12(19)18-14-17-11(7-22-14)9-3-5-10(21-2)6-4-9/h3-8H,1-2H3,(H3,15,16,20)(H,17,18,19). The first-order valence-electron chi connectivity index (χ1n) is 6.46. The Kier molecular flexibility index (Phi) is 5.40. The van der Waals surface area contributed by atoms with Crippen molar-refractivity contribution in [1.82, 2.24) is 10.3 Å². The number of rotatable bonds is 5. The van der Waals surface area contributed by atoms with Crippen LogP contribution < -0.4 is 16.4 Å². The molecule has 1 atom stereocenters. The molecule has 0 saturated carbocycles. The van der Waals surface area contributed by atoms with Crippen LogP contribution in [0.3, 0.4) is 0 Å². The minimum atomic E-state index is -0.739. The molecular weight excluding hydrogens is 320 g/mol. The molecule has 1 heterocycles. The van der Waals surface area contributed by atoms with E-state index in [-0.39, 0.29) is 5.91 Å². The van der Waals surface area contributed by atoms with Crippen molar-refractivity contribution in [3.8, 4) is 11.3 Å². The zero-order valence-corrected chi connectivity index (χ0v) is 13.8. The summed E-state index contributed by atoms with van der Waals surface area (Å²) in [5.74, 6) is -0.363. The molecule has 3 amide bonds. The summed E-state index contributed by atoms with van der Waals surface area (Å²) in [5.41, 5.74) is 6.76. The molecule has 0 radical (unpaired) electrons. The number of anilines is 1. The smallest absolute Gasteiger partial charge is 0.312 e. The number of nitrogens with one attached hydrogen (secondary N) is 2. The van der Waals surface area contributed by atoms with Crippen molar-refractivity contribution in [2.75, 3.05) is 11.6 Å². The summed E-state index contributed by atoms with van der Waals surface area (Å²) in [6.07, 6.45) is 2.02. The summed E-state index contributed by atoms with van der Waals surface area (Å²) < 4.78 is 0. The second-order valence-corrected chi connectivity index (χ2v) is 6.22. The first-order valence-corrected chi connectivity index (χ1v) is 8.57. The van der Waals surface area contributed by atoms with Crippen LogP contribution in [-0.2, 0) is 4.79 Å². The van der Waals surface area contributed by atoms with E-state index in [2.05, 4.69) is 15.6 Å². The Morgan fingerprint density at radius 2 is 2.00 bits per heavy atom. The van der Waals surface area contributed by atoms with Crippen molar-refractivity contribution >= 4 is 40.2 Å². The summed E-state index contributed by atoms with van der Waals surface area (Å²) in [6, 6.07) is 6.57. The van der Waals surface area contributed by atoms with Gasteiger partial charge in [0.1, 0.15) is 6.04 Å². The molecule has 8 heteroatoms. The van der Waals surface area contributed by atoms with Crippen molar-refractivity contribution in [3.63, 3.8) is 0 Å². The van der Waals surface area contributed by atoms with E-state index in [0.29, 0.717) is 5.13 Å². The molecule has 116 valence electrons. The van der Waals surface area contributed by atoms with Crippen LogP contribution in [-0.4, -0.2) is 29.2 Å². The topological polar surface area (TPSA) is 97.1 Å². The normalized spacial score (nSPS) is 11.7. The van der Waals surface area contributed by atoms with Gasteiger partial charge in [-0.1, -0.05) is 12.1 Å². The highest BCUT2D eigenvalue weighted by molar-refractivity contribution is 7.98. The van der Waals surface area contributed by atoms with Gasteiger partial charge >= 0.3 is 6.03 Å². The maximum absolute atomic E-state index is 11.9. The molecule has 0 aliphatic rings. The first kappa shape index (κ1) is 16.3. The third-order valence-corrected chi connectivity index (χ3v) is 4.37. The van der Waals surface area contributed by atoms with Gasteiger partial charge in [0.15, 0.2) is 5.13 Å². The fraction of sp³-hybridized carbons (Fsp3) is 0.214.